The molecule has 0 saturated heterocycles. The number of benzene rings is 2. The summed E-state index contributed by atoms with van der Waals surface area (Å²) in [7, 11) is 0. The van der Waals surface area contributed by atoms with E-state index in [-0.39, 0.29) is 17.3 Å². The molecule has 2 N–H and O–H groups in total. The van der Waals surface area contributed by atoms with Gasteiger partial charge in [-0.3, -0.25) is 14.7 Å². The molecule has 0 aliphatic heterocycles. The standard InChI is InChI=1S/C21H19N5O2/c1-13(2)26-21(28)16-11-7-6-10-15(16)19(25-26)20(27)23-17-12-22-24-18(17)14-8-4-3-5-9-14/h3-13H,1-2H3,(H,22,24)(H,23,27). The van der Waals surface area contributed by atoms with Gasteiger partial charge in [0.2, 0.25) is 0 Å². The fraction of sp³-hybridized carbons (Fsp3) is 0.143. The lowest BCUT2D eigenvalue weighted by Crippen LogP contribution is -2.28. The van der Waals surface area contributed by atoms with Gasteiger partial charge >= 0.3 is 0 Å². The maximum Gasteiger partial charge on any atom is 0.276 e. The van der Waals surface area contributed by atoms with Crippen molar-refractivity contribution in [2.45, 2.75) is 19.9 Å². The predicted octanol–water partition coefficient (Wildman–Crippen LogP) is 3.62. The lowest BCUT2D eigenvalue weighted by atomic mass is 10.1. The SMILES string of the molecule is CC(C)n1nc(C(=O)Nc2cn[nH]c2-c2ccccc2)c2ccccc2c1=O. The van der Waals surface area contributed by atoms with Gasteiger partial charge < -0.3 is 5.32 Å². The largest absolute Gasteiger partial charge is 0.317 e. The summed E-state index contributed by atoms with van der Waals surface area (Å²) >= 11 is 0. The minimum Gasteiger partial charge on any atom is -0.317 e. The zero-order chi connectivity index (χ0) is 19.7. The number of nitrogens with one attached hydrogen (secondary N) is 2. The molecular formula is C21H19N5O2. The third-order valence-corrected chi connectivity index (χ3v) is 4.48. The molecule has 2 heterocycles. The van der Waals surface area contributed by atoms with Gasteiger partial charge in [0.1, 0.15) is 0 Å². The van der Waals surface area contributed by atoms with Crippen LogP contribution in [-0.2, 0) is 0 Å². The molecule has 0 radical (unpaired) electrons. The van der Waals surface area contributed by atoms with E-state index in [1.165, 1.54) is 4.68 Å². The van der Waals surface area contributed by atoms with Crippen molar-refractivity contribution in [2.75, 3.05) is 5.32 Å². The van der Waals surface area contributed by atoms with E-state index in [9.17, 15) is 9.59 Å². The number of fused-ring (bicyclic) bond motifs is 1. The van der Waals surface area contributed by atoms with E-state index in [0.29, 0.717) is 22.2 Å². The summed E-state index contributed by atoms with van der Waals surface area (Å²) in [5, 5.41) is 15.2. The molecule has 28 heavy (non-hydrogen) atoms. The number of nitrogens with zero attached hydrogens (tertiary/aromatic N) is 3. The molecule has 2 aromatic heterocycles. The number of carbonyl (C=O) groups is 1. The molecule has 7 nitrogen and oxygen atoms in total. The molecule has 1 amide bonds. The maximum absolute atomic E-state index is 13.1. The number of hydrogen-bond acceptors (Lipinski definition) is 4. The van der Waals surface area contributed by atoms with E-state index in [1.54, 1.807) is 30.5 Å². The Kier molecular flexibility index (Phi) is 4.49. The minimum atomic E-state index is -0.399. The maximum atomic E-state index is 13.1. The zero-order valence-corrected chi connectivity index (χ0v) is 15.5. The second-order valence-electron chi connectivity index (χ2n) is 6.72. The third kappa shape index (κ3) is 3.07. The molecule has 2 aromatic carbocycles. The number of amides is 1. The Bertz CT molecular complexity index is 1210. The van der Waals surface area contributed by atoms with Gasteiger partial charge in [-0.05, 0) is 19.9 Å². The first-order chi connectivity index (χ1) is 13.6. The quantitative estimate of drug-likeness (QED) is 0.571. The van der Waals surface area contributed by atoms with Gasteiger partial charge in [0.05, 0.1) is 29.0 Å². The first kappa shape index (κ1) is 17.7. The molecule has 4 aromatic rings. The van der Waals surface area contributed by atoms with Crippen LogP contribution in [0.15, 0.2) is 65.6 Å². The summed E-state index contributed by atoms with van der Waals surface area (Å²) < 4.78 is 1.34. The molecule has 0 aliphatic rings. The summed E-state index contributed by atoms with van der Waals surface area (Å²) in [5.41, 5.74) is 2.14. The van der Waals surface area contributed by atoms with Gasteiger partial charge in [0, 0.05) is 10.9 Å². The molecular weight excluding hydrogens is 354 g/mol. The highest BCUT2D eigenvalue weighted by molar-refractivity contribution is 6.12. The van der Waals surface area contributed by atoms with E-state index in [4.69, 9.17) is 0 Å². The fourth-order valence-electron chi connectivity index (χ4n) is 3.11. The van der Waals surface area contributed by atoms with E-state index in [0.717, 1.165) is 5.56 Å². The molecule has 140 valence electrons. The van der Waals surface area contributed by atoms with Crippen LogP contribution in [0.5, 0.6) is 0 Å². The van der Waals surface area contributed by atoms with E-state index in [2.05, 4.69) is 20.6 Å². The average Bonchev–Trinajstić information content (AvgIpc) is 3.17. The monoisotopic (exact) mass is 373 g/mol. The number of H-pyrrole nitrogens is 1. The molecule has 0 fully saturated rings. The van der Waals surface area contributed by atoms with Crippen LogP contribution in [0.4, 0.5) is 5.69 Å². The van der Waals surface area contributed by atoms with E-state index < -0.39 is 5.91 Å². The molecule has 4 rings (SSSR count). The topological polar surface area (TPSA) is 92.7 Å². The van der Waals surface area contributed by atoms with Crippen molar-refractivity contribution in [1.29, 1.82) is 0 Å². The van der Waals surface area contributed by atoms with Crippen LogP contribution in [0.3, 0.4) is 0 Å². The first-order valence-electron chi connectivity index (χ1n) is 8.98. The average molecular weight is 373 g/mol. The summed E-state index contributed by atoms with van der Waals surface area (Å²) in [5.74, 6) is -0.399. The molecule has 0 atom stereocenters. The van der Waals surface area contributed by atoms with E-state index >= 15 is 0 Å². The van der Waals surface area contributed by atoms with Crippen molar-refractivity contribution in [2.24, 2.45) is 0 Å². The molecule has 0 bridgehead atoms. The summed E-state index contributed by atoms with van der Waals surface area (Å²) in [4.78, 5) is 25.7. The number of anilines is 1. The summed E-state index contributed by atoms with van der Waals surface area (Å²) in [6.45, 7) is 3.71. The smallest absolute Gasteiger partial charge is 0.276 e. The van der Waals surface area contributed by atoms with Crippen molar-refractivity contribution in [1.82, 2.24) is 20.0 Å². The van der Waals surface area contributed by atoms with Gasteiger partial charge in [0.25, 0.3) is 11.5 Å². The van der Waals surface area contributed by atoms with Gasteiger partial charge in [-0.1, -0.05) is 48.5 Å². The lowest BCUT2D eigenvalue weighted by Gasteiger charge is -2.13. The number of carbonyl (C=O) groups excluding carboxylic acids is 1. The van der Waals surface area contributed by atoms with Gasteiger partial charge in [-0.15, -0.1) is 0 Å². The van der Waals surface area contributed by atoms with Crippen LogP contribution >= 0.6 is 0 Å². The van der Waals surface area contributed by atoms with Crippen molar-refractivity contribution in [3.05, 3.63) is 76.8 Å². The highest BCUT2D eigenvalue weighted by Gasteiger charge is 2.19. The zero-order valence-electron chi connectivity index (χ0n) is 15.5. The van der Waals surface area contributed by atoms with Crippen LogP contribution in [0.25, 0.3) is 22.0 Å². The predicted molar refractivity (Wildman–Crippen MR) is 108 cm³/mol. The number of hydrogen-bond donors (Lipinski definition) is 2. The second-order valence-corrected chi connectivity index (χ2v) is 6.72. The number of rotatable bonds is 4. The van der Waals surface area contributed by atoms with Gasteiger partial charge in [-0.25, -0.2) is 4.68 Å². The normalized spacial score (nSPS) is 11.1. The van der Waals surface area contributed by atoms with Crippen molar-refractivity contribution in [3.63, 3.8) is 0 Å². The van der Waals surface area contributed by atoms with Crippen LogP contribution < -0.4 is 10.9 Å². The van der Waals surface area contributed by atoms with Crippen molar-refractivity contribution >= 4 is 22.4 Å². The van der Waals surface area contributed by atoms with Crippen molar-refractivity contribution in [3.8, 4) is 11.3 Å². The molecule has 0 aliphatic carbocycles. The number of aromatic nitrogens is 4. The number of aromatic amines is 1. The van der Waals surface area contributed by atoms with E-state index in [1.807, 2.05) is 44.2 Å². The third-order valence-electron chi connectivity index (χ3n) is 4.48. The van der Waals surface area contributed by atoms with Crippen LogP contribution in [0.1, 0.15) is 30.4 Å². The highest BCUT2D eigenvalue weighted by atomic mass is 16.2. The molecule has 0 spiro atoms. The molecule has 7 heteroatoms. The Morgan fingerprint density at radius 1 is 1.04 bits per heavy atom. The second kappa shape index (κ2) is 7.11. The van der Waals surface area contributed by atoms with Crippen molar-refractivity contribution < 1.29 is 4.79 Å². The Morgan fingerprint density at radius 3 is 2.43 bits per heavy atom. The lowest BCUT2D eigenvalue weighted by molar-refractivity contribution is 0.102. The molecule has 0 unspecified atom stereocenters. The fourth-order valence-corrected chi connectivity index (χ4v) is 3.11. The Hall–Kier alpha value is -3.74. The van der Waals surface area contributed by atoms with Crippen LogP contribution in [-0.4, -0.2) is 25.9 Å². The van der Waals surface area contributed by atoms with Crippen LogP contribution in [0.2, 0.25) is 0 Å². The van der Waals surface area contributed by atoms with Crippen LogP contribution in [0, 0.1) is 0 Å². The highest BCUT2D eigenvalue weighted by Crippen LogP contribution is 2.26. The Morgan fingerprint density at radius 2 is 1.71 bits per heavy atom. The summed E-state index contributed by atoms with van der Waals surface area (Å²) in [6.07, 6.45) is 1.56. The first-order valence-corrected chi connectivity index (χ1v) is 8.98. The molecule has 0 saturated carbocycles. The van der Waals surface area contributed by atoms with Gasteiger partial charge in [0.15, 0.2) is 5.69 Å². The Balaban J connectivity index is 1.78. The Labute approximate surface area is 161 Å². The summed E-state index contributed by atoms with van der Waals surface area (Å²) in [6, 6.07) is 16.4. The minimum absolute atomic E-state index is 0.169. The van der Waals surface area contributed by atoms with Gasteiger partial charge in [-0.2, -0.15) is 10.2 Å².